The van der Waals surface area contributed by atoms with Crippen molar-refractivity contribution >= 4 is 11.8 Å². The van der Waals surface area contributed by atoms with Crippen molar-refractivity contribution in [3.05, 3.63) is 0 Å². The predicted octanol–water partition coefficient (Wildman–Crippen LogP) is 0.679. The molecule has 0 aromatic carbocycles. The van der Waals surface area contributed by atoms with E-state index in [2.05, 4.69) is 10.6 Å². The Kier molecular flexibility index (Phi) is 4.45. The van der Waals surface area contributed by atoms with E-state index >= 15 is 0 Å². The number of rotatable bonds is 6. The van der Waals surface area contributed by atoms with Crippen LogP contribution in [0.5, 0.6) is 0 Å². The molecule has 2 atom stereocenters. The first kappa shape index (κ1) is 14.3. The summed E-state index contributed by atoms with van der Waals surface area (Å²) in [5.41, 5.74) is 5.58. The second-order valence-electron chi connectivity index (χ2n) is 6.12. The summed E-state index contributed by atoms with van der Waals surface area (Å²) < 4.78 is 0. The molecule has 2 fully saturated rings. The maximum absolute atomic E-state index is 12.1. The molecule has 2 aliphatic rings. The van der Waals surface area contributed by atoms with Gasteiger partial charge in [0.2, 0.25) is 11.8 Å². The monoisotopic (exact) mass is 267 g/mol. The van der Waals surface area contributed by atoms with Crippen LogP contribution < -0.4 is 16.4 Å². The number of nitrogens with two attached hydrogens (primary N) is 1. The molecule has 2 aliphatic carbocycles. The molecule has 19 heavy (non-hydrogen) atoms. The number of hydrogen-bond donors (Lipinski definition) is 3. The number of amides is 2. The van der Waals surface area contributed by atoms with Gasteiger partial charge in [-0.15, -0.1) is 0 Å². The minimum absolute atomic E-state index is 0.0364. The van der Waals surface area contributed by atoms with E-state index in [1.807, 2.05) is 6.92 Å². The fourth-order valence-corrected chi connectivity index (χ4v) is 2.66. The number of carbonyl (C=O) groups excluding carboxylic acids is 2. The van der Waals surface area contributed by atoms with Crippen LogP contribution in [0, 0.1) is 5.41 Å². The molecule has 0 radical (unpaired) electrons. The zero-order chi connectivity index (χ0) is 13.9. The molecule has 2 amide bonds. The van der Waals surface area contributed by atoms with Crippen LogP contribution in [-0.2, 0) is 9.59 Å². The van der Waals surface area contributed by atoms with Crippen LogP contribution in [0.25, 0.3) is 0 Å². The summed E-state index contributed by atoms with van der Waals surface area (Å²) in [6, 6.07) is 0.378. The second kappa shape index (κ2) is 5.90. The van der Waals surface area contributed by atoms with Crippen LogP contribution in [0.1, 0.15) is 51.9 Å². The molecule has 0 bridgehead atoms. The molecule has 5 nitrogen and oxygen atoms in total. The van der Waals surface area contributed by atoms with E-state index in [1.165, 1.54) is 0 Å². The molecule has 0 saturated heterocycles. The summed E-state index contributed by atoms with van der Waals surface area (Å²) in [6.07, 6.45) is 6.21. The average molecular weight is 267 g/mol. The van der Waals surface area contributed by atoms with Gasteiger partial charge in [0.05, 0.1) is 5.41 Å². The van der Waals surface area contributed by atoms with Crippen molar-refractivity contribution < 1.29 is 9.59 Å². The molecule has 2 saturated carbocycles. The highest BCUT2D eigenvalue weighted by atomic mass is 16.2. The Bertz CT molecular complexity index is 355. The van der Waals surface area contributed by atoms with Gasteiger partial charge in [-0.05, 0) is 39.0 Å². The first-order chi connectivity index (χ1) is 9.02. The first-order valence-corrected chi connectivity index (χ1v) is 7.35. The van der Waals surface area contributed by atoms with E-state index in [1.54, 1.807) is 0 Å². The minimum atomic E-state index is -0.420. The van der Waals surface area contributed by atoms with Crippen molar-refractivity contribution in [3.8, 4) is 0 Å². The van der Waals surface area contributed by atoms with Crippen LogP contribution >= 0.6 is 0 Å². The number of hydrogen-bond acceptors (Lipinski definition) is 3. The Morgan fingerprint density at radius 2 is 2.05 bits per heavy atom. The normalized spacial score (nSPS) is 30.1. The highest BCUT2D eigenvalue weighted by molar-refractivity contribution is 5.83. The van der Waals surface area contributed by atoms with Gasteiger partial charge in [0.15, 0.2) is 0 Å². The third kappa shape index (κ3) is 3.69. The number of nitrogens with one attached hydrogen (secondary N) is 2. The Morgan fingerprint density at radius 1 is 1.32 bits per heavy atom. The second-order valence-corrected chi connectivity index (χ2v) is 6.12. The lowest BCUT2D eigenvalue weighted by Gasteiger charge is -2.27. The standard InChI is InChI=1S/C14H25N3O2/c1-14(8-2-4-11(14)15)13(19)16-9-3-5-12(18)17-10-6-7-10/h10-11H,2-9,15H2,1H3,(H,16,19)(H,17,18). The smallest absolute Gasteiger partial charge is 0.227 e. The fraction of sp³-hybridized carbons (Fsp3) is 0.857. The van der Waals surface area contributed by atoms with Gasteiger partial charge in [-0.2, -0.15) is 0 Å². The Hall–Kier alpha value is -1.10. The third-order valence-corrected chi connectivity index (χ3v) is 4.36. The first-order valence-electron chi connectivity index (χ1n) is 7.35. The van der Waals surface area contributed by atoms with Crippen LogP contribution in [0.2, 0.25) is 0 Å². The van der Waals surface area contributed by atoms with Crippen LogP contribution in [0.15, 0.2) is 0 Å². The van der Waals surface area contributed by atoms with Crippen molar-refractivity contribution in [3.63, 3.8) is 0 Å². The highest BCUT2D eigenvalue weighted by Gasteiger charge is 2.42. The van der Waals surface area contributed by atoms with Gasteiger partial charge in [-0.3, -0.25) is 9.59 Å². The van der Waals surface area contributed by atoms with Crippen molar-refractivity contribution in [1.29, 1.82) is 0 Å². The molecule has 2 unspecified atom stereocenters. The molecule has 0 aromatic heterocycles. The molecule has 0 heterocycles. The van der Waals surface area contributed by atoms with Crippen molar-refractivity contribution in [1.82, 2.24) is 10.6 Å². The molecule has 4 N–H and O–H groups in total. The summed E-state index contributed by atoms with van der Waals surface area (Å²) in [7, 11) is 0. The van der Waals surface area contributed by atoms with Gasteiger partial charge in [0.25, 0.3) is 0 Å². The summed E-state index contributed by atoms with van der Waals surface area (Å²) in [5.74, 6) is 0.139. The fourth-order valence-electron chi connectivity index (χ4n) is 2.66. The molecule has 5 heteroatoms. The van der Waals surface area contributed by atoms with Crippen molar-refractivity contribution in [2.75, 3.05) is 6.54 Å². The molecule has 2 rings (SSSR count). The van der Waals surface area contributed by atoms with Crippen molar-refractivity contribution in [2.45, 2.75) is 64.0 Å². The van der Waals surface area contributed by atoms with Crippen LogP contribution in [0.4, 0.5) is 0 Å². The quantitative estimate of drug-likeness (QED) is 0.619. The van der Waals surface area contributed by atoms with Gasteiger partial charge in [0, 0.05) is 25.0 Å². The lowest BCUT2D eigenvalue weighted by molar-refractivity contribution is -0.130. The van der Waals surface area contributed by atoms with Crippen LogP contribution in [-0.4, -0.2) is 30.4 Å². The molecular weight excluding hydrogens is 242 g/mol. The van der Waals surface area contributed by atoms with Gasteiger partial charge < -0.3 is 16.4 Å². The zero-order valence-electron chi connectivity index (χ0n) is 11.7. The maximum atomic E-state index is 12.1. The van der Waals surface area contributed by atoms with E-state index in [9.17, 15) is 9.59 Å². The zero-order valence-corrected chi connectivity index (χ0v) is 11.7. The summed E-state index contributed by atoms with van der Waals surface area (Å²) in [6.45, 7) is 2.50. The minimum Gasteiger partial charge on any atom is -0.356 e. The van der Waals surface area contributed by atoms with Gasteiger partial charge in [-0.1, -0.05) is 6.42 Å². The largest absolute Gasteiger partial charge is 0.356 e. The van der Waals surface area contributed by atoms with E-state index in [-0.39, 0.29) is 17.9 Å². The predicted molar refractivity (Wildman–Crippen MR) is 73.3 cm³/mol. The van der Waals surface area contributed by atoms with E-state index in [4.69, 9.17) is 5.73 Å². The summed E-state index contributed by atoms with van der Waals surface area (Å²) in [4.78, 5) is 23.6. The lowest BCUT2D eigenvalue weighted by Crippen LogP contribution is -2.47. The Labute approximate surface area is 114 Å². The van der Waals surface area contributed by atoms with E-state index in [0.717, 1.165) is 32.1 Å². The third-order valence-electron chi connectivity index (χ3n) is 4.36. The van der Waals surface area contributed by atoms with E-state index < -0.39 is 5.41 Å². The Morgan fingerprint density at radius 3 is 2.63 bits per heavy atom. The lowest BCUT2D eigenvalue weighted by atomic mass is 9.84. The van der Waals surface area contributed by atoms with Crippen LogP contribution in [0.3, 0.4) is 0 Å². The highest BCUT2D eigenvalue weighted by Crippen LogP contribution is 2.36. The van der Waals surface area contributed by atoms with Gasteiger partial charge in [-0.25, -0.2) is 0 Å². The number of carbonyl (C=O) groups is 2. The van der Waals surface area contributed by atoms with Crippen molar-refractivity contribution in [2.24, 2.45) is 11.1 Å². The molecule has 0 aromatic rings. The SMILES string of the molecule is CC1(C(=O)NCCCC(=O)NC2CC2)CCCC1N. The topological polar surface area (TPSA) is 84.2 Å². The average Bonchev–Trinajstić information content (AvgIpc) is 3.11. The molecule has 0 aliphatic heterocycles. The molecule has 108 valence electrons. The summed E-state index contributed by atoms with van der Waals surface area (Å²) in [5, 5.41) is 5.86. The van der Waals surface area contributed by atoms with Gasteiger partial charge in [0.1, 0.15) is 0 Å². The molecule has 0 spiro atoms. The van der Waals surface area contributed by atoms with E-state index in [0.29, 0.717) is 25.4 Å². The molecular formula is C14H25N3O2. The van der Waals surface area contributed by atoms with Gasteiger partial charge >= 0.3 is 0 Å². The maximum Gasteiger partial charge on any atom is 0.227 e. The Balaban J connectivity index is 1.62. The summed E-state index contributed by atoms with van der Waals surface area (Å²) >= 11 is 0.